The Labute approximate surface area is 143 Å². The number of nitrogens with zero attached hydrogens (tertiary/aromatic N) is 3. The highest BCUT2D eigenvalue weighted by Crippen LogP contribution is 2.29. The van der Waals surface area contributed by atoms with Crippen LogP contribution in [0.4, 0.5) is 5.69 Å². The predicted molar refractivity (Wildman–Crippen MR) is 95.2 cm³/mol. The van der Waals surface area contributed by atoms with Gasteiger partial charge in [-0.15, -0.1) is 0 Å². The standard InChI is InChI=1S/C19H26N4O/c1-22-19-4-2-3-18(17(19)14-21-22)20-13-15-5-7-16(8-6-15)23-9-11-24-12-10-23/h5-8,14,18,20H,2-4,9-13H2,1H3. The lowest BCUT2D eigenvalue weighted by Gasteiger charge is -2.29. The molecule has 0 radical (unpaired) electrons. The normalized spacial score (nSPS) is 20.9. The molecule has 0 bridgehead atoms. The Bertz CT molecular complexity index is 673. The monoisotopic (exact) mass is 326 g/mol. The highest BCUT2D eigenvalue weighted by Gasteiger charge is 2.22. The Morgan fingerprint density at radius 3 is 2.79 bits per heavy atom. The molecule has 5 nitrogen and oxygen atoms in total. The van der Waals surface area contributed by atoms with Crippen LogP contribution >= 0.6 is 0 Å². The fourth-order valence-electron chi connectivity index (χ4n) is 3.81. The molecule has 1 unspecified atom stereocenters. The van der Waals surface area contributed by atoms with Crippen LogP contribution in [0.15, 0.2) is 30.5 Å². The van der Waals surface area contributed by atoms with E-state index in [2.05, 4.69) is 39.6 Å². The van der Waals surface area contributed by atoms with Crippen LogP contribution in [0.5, 0.6) is 0 Å². The highest BCUT2D eigenvalue weighted by atomic mass is 16.5. The summed E-state index contributed by atoms with van der Waals surface area (Å²) in [5.74, 6) is 0. The summed E-state index contributed by atoms with van der Waals surface area (Å²) in [4.78, 5) is 2.39. The van der Waals surface area contributed by atoms with E-state index in [0.717, 1.165) is 39.3 Å². The van der Waals surface area contributed by atoms with E-state index in [9.17, 15) is 0 Å². The van der Waals surface area contributed by atoms with Gasteiger partial charge in [0.25, 0.3) is 0 Å². The van der Waals surface area contributed by atoms with Gasteiger partial charge in [-0.2, -0.15) is 5.10 Å². The smallest absolute Gasteiger partial charge is 0.0642 e. The van der Waals surface area contributed by atoms with Gasteiger partial charge in [0.05, 0.1) is 19.4 Å². The highest BCUT2D eigenvalue weighted by molar-refractivity contribution is 5.47. The van der Waals surface area contributed by atoms with Gasteiger partial charge in [-0.05, 0) is 37.0 Å². The molecular formula is C19H26N4O. The SMILES string of the molecule is Cn1ncc2c1CCCC2NCc1ccc(N2CCOCC2)cc1. The number of benzene rings is 1. The van der Waals surface area contributed by atoms with Crippen molar-refractivity contribution in [2.45, 2.75) is 31.8 Å². The maximum Gasteiger partial charge on any atom is 0.0642 e. The maximum absolute atomic E-state index is 5.42. The van der Waals surface area contributed by atoms with E-state index in [1.54, 1.807) is 0 Å². The van der Waals surface area contributed by atoms with E-state index in [-0.39, 0.29) is 0 Å². The molecule has 0 saturated carbocycles. The summed E-state index contributed by atoms with van der Waals surface area (Å²) in [7, 11) is 2.05. The molecule has 1 aliphatic carbocycles. The molecule has 1 aromatic carbocycles. The second-order valence-electron chi connectivity index (χ2n) is 6.76. The van der Waals surface area contributed by atoms with Crippen LogP contribution in [0.1, 0.15) is 35.7 Å². The van der Waals surface area contributed by atoms with Crippen molar-refractivity contribution in [2.75, 3.05) is 31.2 Å². The van der Waals surface area contributed by atoms with E-state index in [4.69, 9.17) is 4.74 Å². The van der Waals surface area contributed by atoms with Crippen LogP contribution in [-0.2, 0) is 24.8 Å². The van der Waals surface area contributed by atoms with Crippen molar-refractivity contribution in [3.05, 3.63) is 47.3 Å². The lowest BCUT2D eigenvalue weighted by atomic mass is 9.93. The van der Waals surface area contributed by atoms with E-state index >= 15 is 0 Å². The Hall–Kier alpha value is -1.85. The number of anilines is 1. The molecule has 4 rings (SSSR count). The average molecular weight is 326 g/mol. The van der Waals surface area contributed by atoms with Crippen molar-refractivity contribution in [1.82, 2.24) is 15.1 Å². The maximum atomic E-state index is 5.42. The number of nitrogens with one attached hydrogen (secondary N) is 1. The average Bonchev–Trinajstić information content (AvgIpc) is 3.03. The van der Waals surface area contributed by atoms with Crippen molar-refractivity contribution < 1.29 is 4.74 Å². The molecule has 2 aliphatic rings. The van der Waals surface area contributed by atoms with Crippen LogP contribution in [0.25, 0.3) is 0 Å². The number of rotatable bonds is 4. The van der Waals surface area contributed by atoms with Crippen LogP contribution in [-0.4, -0.2) is 36.1 Å². The van der Waals surface area contributed by atoms with Gasteiger partial charge in [0.2, 0.25) is 0 Å². The molecule has 0 spiro atoms. The zero-order valence-electron chi connectivity index (χ0n) is 14.4. The molecule has 0 amide bonds. The summed E-state index contributed by atoms with van der Waals surface area (Å²) in [5.41, 5.74) is 5.41. The minimum Gasteiger partial charge on any atom is -0.378 e. The molecule has 1 aliphatic heterocycles. The second kappa shape index (κ2) is 6.95. The van der Waals surface area contributed by atoms with Crippen molar-refractivity contribution in [3.8, 4) is 0 Å². The van der Waals surface area contributed by atoms with Crippen LogP contribution < -0.4 is 10.2 Å². The zero-order chi connectivity index (χ0) is 16.4. The van der Waals surface area contributed by atoms with Gasteiger partial charge >= 0.3 is 0 Å². The molecule has 128 valence electrons. The van der Waals surface area contributed by atoms with E-state index in [1.165, 1.54) is 35.3 Å². The van der Waals surface area contributed by atoms with Crippen molar-refractivity contribution in [3.63, 3.8) is 0 Å². The minimum absolute atomic E-state index is 0.432. The van der Waals surface area contributed by atoms with E-state index in [0.29, 0.717) is 6.04 Å². The molecule has 2 heterocycles. The Kier molecular flexibility index (Phi) is 4.54. The zero-order valence-corrected chi connectivity index (χ0v) is 14.4. The predicted octanol–water partition coefficient (Wildman–Crippen LogP) is 2.42. The van der Waals surface area contributed by atoms with Crippen molar-refractivity contribution in [1.29, 1.82) is 0 Å². The lowest BCUT2D eigenvalue weighted by molar-refractivity contribution is 0.122. The first-order valence-electron chi connectivity index (χ1n) is 8.97. The number of fused-ring (bicyclic) bond motifs is 1. The van der Waals surface area contributed by atoms with Gasteiger partial charge in [-0.1, -0.05) is 12.1 Å². The summed E-state index contributed by atoms with van der Waals surface area (Å²) in [5, 5.41) is 8.15. The minimum atomic E-state index is 0.432. The molecule has 5 heteroatoms. The first kappa shape index (κ1) is 15.7. The number of hydrogen-bond acceptors (Lipinski definition) is 4. The number of morpholine rings is 1. The third kappa shape index (κ3) is 3.19. The van der Waals surface area contributed by atoms with E-state index in [1.807, 2.05) is 17.9 Å². The van der Waals surface area contributed by atoms with Gasteiger partial charge < -0.3 is 15.0 Å². The molecule has 1 aromatic heterocycles. The van der Waals surface area contributed by atoms with E-state index < -0.39 is 0 Å². The van der Waals surface area contributed by atoms with Gasteiger partial charge in [0.1, 0.15) is 0 Å². The Balaban J connectivity index is 1.38. The summed E-state index contributed by atoms with van der Waals surface area (Å²) < 4.78 is 7.45. The molecule has 1 saturated heterocycles. The van der Waals surface area contributed by atoms with Gasteiger partial charge in [0.15, 0.2) is 0 Å². The fourth-order valence-corrected chi connectivity index (χ4v) is 3.81. The number of aromatic nitrogens is 2. The number of aryl methyl sites for hydroxylation is 1. The number of hydrogen-bond donors (Lipinski definition) is 1. The summed E-state index contributed by atoms with van der Waals surface area (Å²) >= 11 is 0. The lowest BCUT2D eigenvalue weighted by Crippen LogP contribution is -2.36. The molecule has 1 fully saturated rings. The van der Waals surface area contributed by atoms with Crippen LogP contribution in [0, 0.1) is 0 Å². The summed E-state index contributed by atoms with van der Waals surface area (Å²) in [6.45, 7) is 4.55. The Morgan fingerprint density at radius 2 is 2.00 bits per heavy atom. The van der Waals surface area contributed by atoms with Crippen molar-refractivity contribution in [2.24, 2.45) is 7.05 Å². The van der Waals surface area contributed by atoms with Gasteiger partial charge in [0, 0.05) is 49.7 Å². The van der Waals surface area contributed by atoms with Crippen LogP contribution in [0.3, 0.4) is 0 Å². The first-order chi connectivity index (χ1) is 11.8. The summed E-state index contributed by atoms with van der Waals surface area (Å²) in [6, 6.07) is 9.38. The second-order valence-corrected chi connectivity index (χ2v) is 6.76. The largest absolute Gasteiger partial charge is 0.378 e. The van der Waals surface area contributed by atoms with Gasteiger partial charge in [-0.25, -0.2) is 0 Å². The molecule has 1 atom stereocenters. The fraction of sp³-hybridized carbons (Fsp3) is 0.526. The molecular weight excluding hydrogens is 300 g/mol. The first-order valence-corrected chi connectivity index (χ1v) is 8.97. The molecule has 1 N–H and O–H groups in total. The topological polar surface area (TPSA) is 42.3 Å². The quantitative estimate of drug-likeness (QED) is 0.937. The summed E-state index contributed by atoms with van der Waals surface area (Å²) in [6.07, 6.45) is 5.62. The molecule has 2 aromatic rings. The molecule has 24 heavy (non-hydrogen) atoms. The number of ether oxygens (including phenoxy) is 1. The van der Waals surface area contributed by atoms with Gasteiger partial charge in [-0.3, -0.25) is 4.68 Å². The third-order valence-corrected chi connectivity index (χ3v) is 5.24. The third-order valence-electron chi connectivity index (χ3n) is 5.24. The Morgan fingerprint density at radius 1 is 1.21 bits per heavy atom. The van der Waals surface area contributed by atoms with Crippen molar-refractivity contribution >= 4 is 5.69 Å². The van der Waals surface area contributed by atoms with Crippen LogP contribution in [0.2, 0.25) is 0 Å².